The molecule has 1 atom stereocenters. The molecule has 1 unspecified atom stereocenters. The second kappa shape index (κ2) is 11.5. The number of nitrogens with zero attached hydrogens (tertiary/aromatic N) is 1. The summed E-state index contributed by atoms with van der Waals surface area (Å²) < 4.78 is 0. The quantitative estimate of drug-likeness (QED) is 0.592. The van der Waals surface area contributed by atoms with E-state index in [-0.39, 0.29) is 11.8 Å². The van der Waals surface area contributed by atoms with Crippen molar-refractivity contribution in [2.45, 2.75) is 52.1 Å². The summed E-state index contributed by atoms with van der Waals surface area (Å²) in [4.78, 5) is 27.1. The third-order valence-electron chi connectivity index (χ3n) is 4.70. The van der Waals surface area contributed by atoms with Crippen molar-refractivity contribution >= 4 is 23.4 Å². The van der Waals surface area contributed by atoms with Crippen LogP contribution in [0.5, 0.6) is 0 Å². The molecule has 0 bridgehead atoms. The van der Waals surface area contributed by atoms with Crippen molar-refractivity contribution in [3.63, 3.8) is 0 Å². The lowest BCUT2D eigenvalue weighted by Gasteiger charge is -2.30. The number of nitrogens with one attached hydrogen (secondary N) is 1. The predicted octanol–water partition coefficient (Wildman–Crippen LogP) is 4.61. The van der Waals surface area contributed by atoms with Crippen molar-refractivity contribution in [3.8, 4) is 0 Å². The summed E-state index contributed by atoms with van der Waals surface area (Å²) in [5, 5.41) is 3.66. The van der Waals surface area contributed by atoms with Crippen LogP contribution >= 0.6 is 11.6 Å². The molecule has 2 rings (SSSR count). The van der Waals surface area contributed by atoms with E-state index in [1.807, 2.05) is 42.5 Å². The Balaban J connectivity index is 2.20. The molecule has 0 saturated carbocycles. The number of hydrogen-bond donors (Lipinski definition) is 1. The van der Waals surface area contributed by atoms with Crippen LogP contribution in [0.3, 0.4) is 0 Å². The van der Waals surface area contributed by atoms with Gasteiger partial charge in [0.05, 0.1) is 0 Å². The van der Waals surface area contributed by atoms with E-state index in [9.17, 15) is 9.59 Å². The highest BCUT2D eigenvalue weighted by Gasteiger charge is 2.28. The molecular weight excluding hydrogens is 372 g/mol. The van der Waals surface area contributed by atoms with Crippen LogP contribution in [-0.2, 0) is 22.6 Å². The molecule has 0 heterocycles. The van der Waals surface area contributed by atoms with Gasteiger partial charge in [0.1, 0.15) is 6.04 Å². The highest BCUT2D eigenvalue weighted by molar-refractivity contribution is 6.30. The minimum Gasteiger partial charge on any atom is -0.354 e. The molecule has 0 aliphatic rings. The van der Waals surface area contributed by atoms with Crippen molar-refractivity contribution in [2.75, 3.05) is 6.54 Å². The lowest BCUT2D eigenvalue weighted by atomic mass is 10.0. The van der Waals surface area contributed by atoms with E-state index < -0.39 is 6.04 Å². The van der Waals surface area contributed by atoms with Gasteiger partial charge in [-0.3, -0.25) is 9.59 Å². The largest absolute Gasteiger partial charge is 0.354 e. The zero-order chi connectivity index (χ0) is 20.4. The molecule has 0 spiro atoms. The Morgan fingerprint density at radius 1 is 1.00 bits per heavy atom. The van der Waals surface area contributed by atoms with Crippen molar-refractivity contribution in [1.82, 2.24) is 10.2 Å². The minimum absolute atomic E-state index is 0.107. The number of carbonyl (C=O) groups excluding carboxylic acids is 2. The molecular formula is C23H29ClN2O2. The fourth-order valence-electron chi connectivity index (χ4n) is 3.11. The van der Waals surface area contributed by atoms with E-state index in [4.69, 9.17) is 11.6 Å². The third-order valence-corrected chi connectivity index (χ3v) is 4.95. The van der Waals surface area contributed by atoms with Gasteiger partial charge in [0.2, 0.25) is 11.8 Å². The minimum atomic E-state index is -0.558. The molecule has 0 fully saturated rings. The molecule has 0 aliphatic carbocycles. The second-order valence-corrected chi connectivity index (χ2v) is 7.41. The van der Waals surface area contributed by atoms with E-state index in [2.05, 4.69) is 12.2 Å². The Bertz CT molecular complexity index is 747. The fourth-order valence-corrected chi connectivity index (χ4v) is 3.24. The highest BCUT2D eigenvalue weighted by atomic mass is 35.5. The number of carbonyl (C=O) groups is 2. The number of halogens is 1. The van der Waals surface area contributed by atoms with Gasteiger partial charge in [-0.25, -0.2) is 0 Å². The Morgan fingerprint density at radius 2 is 1.68 bits per heavy atom. The number of benzene rings is 2. The van der Waals surface area contributed by atoms with Gasteiger partial charge in [0.25, 0.3) is 0 Å². The van der Waals surface area contributed by atoms with Crippen LogP contribution in [0, 0.1) is 0 Å². The topological polar surface area (TPSA) is 49.4 Å². The van der Waals surface area contributed by atoms with Gasteiger partial charge in [0, 0.05) is 31.5 Å². The van der Waals surface area contributed by atoms with E-state index in [0.29, 0.717) is 24.5 Å². The Hall–Kier alpha value is -2.33. The predicted molar refractivity (Wildman–Crippen MR) is 114 cm³/mol. The summed E-state index contributed by atoms with van der Waals surface area (Å²) >= 11 is 5.97. The van der Waals surface area contributed by atoms with Gasteiger partial charge >= 0.3 is 0 Å². The van der Waals surface area contributed by atoms with E-state index in [0.717, 1.165) is 30.4 Å². The molecule has 2 aromatic rings. The average Bonchev–Trinajstić information content (AvgIpc) is 2.70. The second-order valence-electron chi connectivity index (χ2n) is 6.98. The van der Waals surface area contributed by atoms with Gasteiger partial charge in [-0.05, 0) is 29.7 Å². The summed E-state index contributed by atoms with van der Waals surface area (Å²) in [6.07, 6.45) is 3.59. The maximum Gasteiger partial charge on any atom is 0.243 e. The number of hydrogen-bond acceptors (Lipinski definition) is 2. The standard InChI is InChI=1S/C23H29ClN2O2/c1-3-4-8-15-25-23(28)22(16-19-9-6-5-7-10-19)26(18(2)27)17-20-11-13-21(24)14-12-20/h5-7,9-14,22H,3-4,8,15-17H2,1-2H3,(H,25,28). The van der Waals surface area contributed by atoms with Crippen molar-refractivity contribution < 1.29 is 9.59 Å². The van der Waals surface area contributed by atoms with Crippen LogP contribution in [0.1, 0.15) is 44.2 Å². The van der Waals surface area contributed by atoms with Gasteiger partial charge < -0.3 is 10.2 Å². The lowest BCUT2D eigenvalue weighted by molar-refractivity contribution is -0.139. The van der Waals surface area contributed by atoms with Crippen LogP contribution in [0.15, 0.2) is 54.6 Å². The SMILES string of the molecule is CCCCCNC(=O)C(Cc1ccccc1)N(Cc1ccc(Cl)cc1)C(C)=O. The zero-order valence-corrected chi connectivity index (χ0v) is 17.4. The molecule has 1 N–H and O–H groups in total. The fraction of sp³-hybridized carbons (Fsp3) is 0.391. The van der Waals surface area contributed by atoms with Crippen LogP contribution in [-0.4, -0.2) is 29.3 Å². The summed E-state index contributed by atoms with van der Waals surface area (Å²) in [6, 6.07) is 16.6. The van der Waals surface area contributed by atoms with E-state index in [1.54, 1.807) is 17.0 Å². The number of amides is 2. The molecule has 150 valence electrons. The van der Waals surface area contributed by atoms with Crippen LogP contribution < -0.4 is 5.32 Å². The van der Waals surface area contributed by atoms with Gasteiger partial charge in [-0.15, -0.1) is 0 Å². The first kappa shape index (κ1) is 22.0. The van der Waals surface area contributed by atoms with Crippen LogP contribution in [0.2, 0.25) is 5.02 Å². The summed E-state index contributed by atoms with van der Waals surface area (Å²) in [7, 11) is 0. The van der Waals surface area contributed by atoms with Crippen molar-refractivity contribution in [3.05, 3.63) is 70.7 Å². The Morgan fingerprint density at radius 3 is 2.29 bits per heavy atom. The average molecular weight is 401 g/mol. The Kier molecular flexibility index (Phi) is 9.02. The van der Waals surface area contributed by atoms with Crippen LogP contribution in [0.4, 0.5) is 0 Å². The first-order chi connectivity index (χ1) is 13.5. The molecule has 5 heteroatoms. The molecule has 0 aromatic heterocycles. The summed E-state index contributed by atoms with van der Waals surface area (Å²) in [5.74, 6) is -0.233. The molecule has 0 radical (unpaired) electrons. The number of unbranched alkanes of at least 4 members (excludes halogenated alkanes) is 2. The molecule has 2 aromatic carbocycles. The molecule has 4 nitrogen and oxygen atoms in total. The number of rotatable bonds is 10. The first-order valence-corrected chi connectivity index (χ1v) is 10.2. The van der Waals surface area contributed by atoms with Crippen LogP contribution in [0.25, 0.3) is 0 Å². The first-order valence-electron chi connectivity index (χ1n) is 9.84. The lowest BCUT2D eigenvalue weighted by Crippen LogP contribution is -2.50. The third kappa shape index (κ3) is 7.01. The maximum absolute atomic E-state index is 13.0. The summed E-state index contributed by atoms with van der Waals surface area (Å²) in [6.45, 7) is 4.64. The zero-order valence-electron chi connectivity index (χ0n) is 16.7. The van der Waals surface area contributed by atoms with Gasteiger partial charge in [-0.1, -0.05) is 73.8 Å². The molecule has 0 saturated heterocycles. The normalized spacial score (nSPS) is 11.7. The van der Waals surface area contributed by atoms with Crippen molar-refractivity contribution in [1.29, 1.82) is 0 Å². The Labute approximate surface area is 172 Å². The molecule has 0 aliphatic heterocycles. The monoisotopic (exact) mass is 400 g/mol. The van der Waals surface area contributed by atoms with Crippen molar-refractivity contribution in [2.24, 2.45) is 0 Å². The van der Waals surface area contributed by atoms with E-state index in [1.165, 1.54) is 6.92 Å². The molecule has 28 heavy (non-hydrogen) atoms. The maximum atomic E-state index is 13.0. The van der Waals surface area contributed by atoms with Gasteiger partial charge in [0.15, 0.2) is 0 Å². The summed E-state index contributed by atoms with van der Waals surface area (Å²) in [5.41, 5.74) is 1.97. The molecule has 2 amide bonds. The highest BCUT2D eigenvalue weighted by Crippen LogP contribution is 2.16. The van der Waals surface area contributed by atoms with E-state index >= 15 is 0 Å². The van der Waals surface area contributed by atoms with Gasteiger partial charge in [-0.2, -0.15) is 0 Å². The smallest absolute Gasteiger partial charge is 0.243 e.